The van der Waals surface area contributed by atoms with E-state index < -0.39 is 24.9 Å². The molecule has 0 aliphatic heterocycles. The van der Waals surface area contributed by atoms with Crippen molar-refractivity contribution in [1.82, 2.24) is 0 Å². The zero-order valence-electron chi connectivity index (χ0n) is 6.06. The number of hydrogen-bond donors (Lipinski definition) is 0. The summed E-state index contributed by atoms with van der Waals surface area (Å²) in [6, 6.07) is 0.648. The molecule has 1 heterocycles. The third kappa shape index (κ3) is 3.02. The van der Waals surface area contributed by atoms with Crippen LogP contribution in [-0.2, 0) is 32.5 Å². The zero-order valence-corrected chi connectivity index (χ0v) is 9.93. The summed E-state index contributed by atoms with van der Waals surface area (Å²) in [5, 5.41) is 10.2. The van der Waals surface area contributed by atoms with Crippen LogP contribution < -0.4 is 0 Å². The molecule has 0 N–H and O–H groups in total. The van der Waals surface area contributed by atoms with Gasteiger partial charge in [0.2, 0.25) is 0 Å². The van der Waals surface area contributed by atoms with Crippen molar-refractivity contribution in [2.24, 2.45) is 0 Å². The summed E-state index contributed by atoms with van der Waals surface area (Å²) in [6.45, 7) is 0. The van der Waals surface area contributed by atoms with Crippen LogP contribution in [-0.4, -0.2) is 17.9 Å². The Morgan fingerprint density at radius 3 is 2.21 bits per heavy atom. The third-order valence-electron chi connectivity index (χ3n) is 1.09. The van der Waals surface area contributed by atoms with Gasteiger partial charge in [0, 0.05) is 6.07 Å². The molecule has 0 aromatic carbocycles. The van der Waals surface area contributed by atoms with E-state index >= 15 is 0 Å². The topological polar surface area (TPSA) is 100 Å². The first kappa shape index (κ1) is 14.0. The van der Waals surface area contributed by atoms with Gasteiger partial charge >= 0.3 is 22.4 Å². The summed E-state index contributed by atoms with van der Waals surface area (Å²) < 4.78 is 30.2. The normalized spacial score (nSPS) is 10.7. The van der Waals surface area contributed by atoms with Gasteiger partial charge in [-0.3, -0.25) is 10.1 Å². The number of nitrogens with zero attached hydrogens (tertiary/aromatic N) is 1. The van der Waals surface area contributed by atoms with Gasteiger partial charge in [0.15, 0.2) is 4.34 Å². The van der Waals surface area contributed by atoms with E-state index in [-0.39, 0.29) is 26.7 Å². The van der Waals surface area contributed by atoms with E-state index in [9.17, 15) is 23.1 Å². The van der Waals surface area contributed by atoms with Crippen LogP contribution in [0.4, 0.5) is 5.69 Å². The number of hydrogen-bond acceptors (Lipinski definition) is 6. The van der Waals surface area contributed by atoms with Gasteiger partial charge < -0.3 is 4.55 Å². The van der Waals surface area contributed by atoms with Gasteiger partial charge in [-0.05, 0) is 0 Å². The predicted octanol–water partition coefficient (Wildman–Crippen LogP) is 1.21. The first-order valence-corrected chi connectivity index (χ1v) is 5.32. The van der Waals surface area contributed by atoms with Crippen molar-refractivity contribution in [1.29, 1.82) is 0 Å². The average molecular weight is 351 g/mol. The Labute approximate surface area is 103 Å². The van der Waals surface area contributed by atoms with E-state index in [0.717, 1.165) is 0 Å². The zero-order chi connectivity index (χ0) is 10.2. The van der Waals surface area contributed by atoms with E-state index in [0.29, 0.717) is 17.4 Å². The molecule has 0 aliphatic carbocycles. The molecule has 0 fully saturated rings. The van der Waals surface area contributed by atoms with E-state index in [1.165, 1.54) is 0 Å². The fraction of sp³-hybridized carbons (Fsp3) is 0. The maximum atomic E-state index is 10.4. The Kier molecular flexibility index (Phi) is 4.72. The van der Waals surface area contributed by atoms with Gasteiger partial charge in [-0.2, -0.15) is 0 Å². The second-order valence-corrected chi connectivity index (χ2v) is 5.20. The largest absolute Gasteiger partial charge is 1.00 e. The Morgan fingerprint density at radius 1 is 1.50 bits per heavy atom. The van der Waals surface area contributed by atoms with Crippen LogP contribution in [0, 0.1) is 10.1 Å². The summed E-state index contributed by atoms with van der Waals surface area (Å²) in [7, 11) is -4.66. The van der Waals surface area contributed by atoms with Gasteiger partial charge in [-0.1, -0.05) is 11.6 Å². The standard InChI is InChI=1S/C4H2ClNO5S2.Ag/c5-4-2(6(7)8)1-3(12-4)13(9,10)11;/h1H,(H,9,10,11);/q;+1/p-1. The monoisotopic (exact) mass is 349 g/mol. The Balaban J connectivity index is 0.00000169. The Hall–Kier alpha value is 0.0403. The number of thiophene rings is 1. The summed E-state index contributed by atoms with van der Waals surface area (Å²) >= 11 is 5.69. The first-order chi connectivity index (χ1) is 5.82. The minimum absolute atomic E-state index is 0. The van der Waals surface area contributed by atoms with Crippen molar-refractivity contribution < 1.29 is 40.3 Å². The SMILES string of the molecule is O=[N+]([O-])c1cc(S(=O)(=O)[O-])sc1Cl.[Ag+]. The van der Waals surface area contributed by atoms with Crippen molar-refractivity contribution >= 4 is 38.7 Å². The maximum absolute atomic E-state index is 10.4. The third-order valence-corrected chi connectivity index (χ3v) is 3.69. The molecule has 14 heavy (non-hydrogen) atoms. The molecule has 0 spiro atoms. The summed E-state index contributed by atoms with van der Waals surface area (Å²) in [4.78, 5) is 9.34. The first-order valence-electron chi connectivity index (χ1n) is 2.72. The van der Waals surface area contributed by atoms with Crippen LogP contribution in [0.15, 0.2) is 10.3 Å². The molecule has 1 aromatic heterocycles. The van der Waals surface area contributed by atoms with Crippen molar-refractivity contribution in [2.45, 2.75) is 4.21 Å². The minimum Gasteiger partial charge on any atom is -0.743 e. The molecule has 0 atom stereocenters. The predicted molar refractivity (Wildman–Crippen MR) is 43.9 cm³/mol. The second kappa shape index (κ2) is 4.71. The molecule has 0 radical (unpaired) electrons. The number of nitro groups is 1. The molecule has 0 bridgehead atoms. The molecule has 1 rings (SSSR count). The molecular formula is C4HAgClNO5S2. The van der Waals surface area contributed by atoms with Crippen LogP contribution >= 0.6 is 22.9 Å². The van der Waals surface area contributed by atoms with Crippen LogP contribution in [0.5, 0.6) is 0 Å². The van der Waals surface area contributed by atoms with E-state index in [1.807, 2.05) is 0 Å². The molecule has 1 aromatic rings. The van der Waals surface area contributed by atoms with Crippen LogP contribution in [0.25, 0.3) is 0 Å². The van der Waals surface area contributed by atoms with Crippen molar-refractivity contribution in [3.8, 4) is 0 Å². The van der Waals surface area contributed by atoms with E-state index in [2.05, 4.69) is 0 Å². The second-order valence-electron chi connectivity index (χ2n) is 1.94. The number of halogens is 1. The Morgan fingerprint density at radius 2 is 2.00 bits per heavy atom. The average Bonchev–Trinajstić information content (AvgIpc) is 2.29. The molecule has 0 saturated carbocycles. The van der Waals surface area contributed by atoms with Gasteiger partial charge in [-0.15, -0.1) is 11.3 Å². The summed E-state index contributed by atoms with van der Waals surface area (Å²) in [5.41, 5.74) is -0.568. The molecule has 0 amide bonds. The number of rotatable bonds is 2. The molecular weight excluding hydrogens is 350 g/mol. The van der Waals surface area contributed by atoms with Gasteiger partial charge in [0.25, 0.3) is 5.69 Å². The molecule has 0 saturated heterocycles. The van der Waals surface area contributed by atoms with E-state index in [1.54, 1.807) is 0 Å². The molecule has 0 aliphatic rings. The maximum Gasteiger partial charge on any atom is 1.00 e. The molecule has 10 heteroatoms. The minimum atomic E-state index is -4.66. The summed E-state index contributed by atoms with van der Waals surface area (Å²) in [6.07, 6.45) is 0. The van der Waals surface area contributed by atoms with Gasteiger partial charge in [0.05, 0.1) is 4.92 Å². The van der Waals surface area contributed by atoms with Crippen molar-refractivity contribution in [3.05, 3.63) is 20.5 Å². The van der Waals surface area contributed by atoms with Crippen LogP contribution in [0.2, 0.25) is 4.34 Å². The molecule has 6 nitrogen and oxygen atoms in total. The van der Waals surface area contributed by atoms with Gasteiger partial charge in [0.1, 0.15) is 14.3 Å². The Bertz CT molecular complexity index is 454. The fourth-order valence-electron chi connectivity index (χ4n) is 0.586. The van der Waals surface area contributed by atoms with Crippen molar-refractivity contribution in [3.63, 3.8) is 0 Å². The van der Waals surface area contributed by atoms with Gasteiger partial charge in [-0.25, -0.2) is 8.42 Å². The molecule has 0 unspecified atom stereocenters. The fourth-order valence-corrected chi connectivity index (χ4v) is 2.60. The van der Waals surface area contributed by atoms with Crippen LogP contribution in [0.3, 0.4) is 0 Å². The molecule has 82 valence electrons. The quantitative estimate of drug-likeness (QED) is 0.345. The summed E-state index contributed by atoms with van der Waals surface area (Å²) in [5.74, 6) is 0. The smallest absolute Gasteiger partial charge is 0.743 e. The van der Waals surface area contributed by atoms with E-state index in [4.69, 9.17) is 11.6 Å². The van der Waals surface area contributed by atoms with Crippen LogP contribution in [0.1, 0.15) is 0 Å². The van der Waals surface area contributed by atoms with Crippen molar-refractivity contribution in [2.75, 3.05) is 0 Å².